The highest BCUT2D eigenvalue weighted by Gasteiger charge is 2.13. The Balaban J connectivity index is 2.20. The minimum atomic E-state index is 0.00681. The first-order chi connectivity index (χ1) is 7.81. The molecule has 5 N–H and O–H groups in total. The van der Waals surface area contributed by atoms with Gasteiger partial charge in [-0.25, -0.2) is 0 Å². The van der Waals surface area contributed by atoms with Gasteiger partial charge in [0.15, 0.2) is 0 Å². The van der Waals surface area contributed by atoms with Crippen molar-refractivity contribution < 1.29 is 0 Å². The highest BCUT2D eigenvalue weighted by Crippen LogP contribution is 2.23. The fourth-order valence-electron chi connectivity index (χ4n) is 1.60. The minimum Gasteiger partial charge on any atom is -0.398 e. The van der Waals surface area contributed by atoms with Crippen LogP contribution >= 0.6 is 11.3 Å². The standard InChI is InChI=1S/C11H14N4S/c12-10-3-4-14-7-9(10)11(15-13)6-8-2-1-5-16-8/h1-5,7,11,15H,6,13H2,(H2,12,14). The maximum absolute atomic E-state index is 5.89. The summed E-state index contributed by atoms with van der Waals surface area (Å²) in [6.45, 7) is 0. The van der Waals surface area contributed by atoms with Crippen LogP contribution in [0.15, 0.2) is 36.0 Å². The van der Waals surface area contributed by atoms with E-state index < -0.39 is 0 Å². The van der Waals surface area contributed by atoms with Gasteiger partial charge in [0, 0.05) is 34.9 Å². The number of nitrogens with one attached hydrogen (secondary N) is 1. The number of thiophene rings is 1. The van der Waals surface area contributed by atoms with Crippen molar-refractivity contribution in [2.45, 2.75) is 12.5 Å². The molecule has 2 heterocycles. The molecule has 0 saturated heterocycles. The molecule has 0 bridgehead atoms. The van der Waals surface area contributed by atoms with Crippen LogP contribution in [0, 0.1) is 0 Å². The van der Waals surface area contributed by atoms with Crippen LogP contribution in [0.25, 0.3) is 0 Å². The van der Waals surface area contributed by atoms with E-state index in [9.17, 15) is 0 Å². The molecule has 0 amide bonds. The van der Waals surface area contributed by atoms with E-state index >= 15 is 0 Å². The summed E-state index contributed by atoms with van der Waals surface area (Å²) in [5.74, 6) is 5.56. The number of nitrogens with zero attached hydrogens (tertiary/aromatic N) is 1. The maximum atomic E-state index is 5.89. The second-order valence-electron chi connectivity index (χ2n) is 3.51. The number of nitrogens with two attached hydrogens (primary N) is 2. The van der Waals surface area contributed by atoms with Crippen molar-refractivity contribution in [2.24, 2.45) is 5.84 Å². The zero-order valence-electron chi connectivity index (χ0n) is 8.76. The van der Waals surface area contributed by atoms with Crippen LogP contribution < -0.4 is 17.0 Å². The van der Waals surface area contributed by atoms with Gasteiger partial charge in [0.1, 0.15) is 0 Å². The van der Waals surface area contributed by atoms with Gasteiger partial charge in [0.25, 0.3) is 0 Å². The Morgan fingerprint density at radius 3 is 2.94 bits per heavy atom. The van der Waals surface area contributed by atoms with Crippen molar-refractivity contribution in [1.29, 1.82) is 0 Å². The fraction of sp³-hybridized carbons (Fsp3) is 0.182. The molecule has 0 fully saturated rings. The first kappa shape index (κ1) is 11.1. The van der Waals surface area contributed by atoms with Crippen molar-refractivity contribution in [1.82, 2.24) is 10.4 Å². The van der Waals surface area contributed by atoms with E-state index in [1.54, 1.807) is 29.8 Å². The molecule has 2 aromatic rings. The average molecular weight is 234 g/mol. The Hall–Kier alpha value is -1.43. The van der Waals surface area contributed by atoms with E-state index in [2.05, 4.69) is 21.9 Å². The number of hydrogen-bond acceptors (Lipinski definition) is 5. The van der Waals surface area contributed by atoms with Crippen LogP contribution in [-0.2, 0) is 6.42 Å². The van der Waals surface area contributed by atoms with Gasteiger partial charge in [-0.15, -0.1) is 11.3 Å². The molecule has 4 nitrogen and oxygen atoms in total. The maximum Gasteiger partial charge on any atom is 0.0543 e. The first-order valence-electron chi connectivity index (χ1n) is 4.99. The summed E-state index contributed by atoms with van der Waals surface area (Å²) in [5.41, 5.74) is 10.3. The average Bonchev–Trinajstić information content (AvgIpc) is 2.80. The summed E-state index contributed by atoms with van der Waals surface area (Å²) < 4.78 is 0. The van der Waals surface area contributed by atoms with Gasteiger partial charge in [-0.2, -0.15) is 0 Å². The Kier molecular flexibility index (Phi) is 3.51. The normalized spacial score (nSPS) is 12.6. The van der Waals surface area contributed by atoms with Crippen LogP contribution in [0.1, 0.15) is 16.5 Å². The molecule has 2 rings (SSSR count). The first-order valence-corrected chi connectivity index (χ1v) is 5.87. The molecule has 0 saturated carbocycles. The SMILES string of the molecule is NNC(Cc1cccs1)c1cnccc1N. The second kappa shape index (κ2) is 5.07. The Morgan fingerprint density at radius 1 is 1.44 bits per heavy atom. The summed E-state index contributed by atoms with van der Waals surface area (Å²) in [5, 5.41) is 2.05. The van der Waals surface area contributed by atoms with Crippen molar-refractivity contribution in [3.63, 3.8) is 0 Å². The topological polar surface area (TPSA) is 77.0 Å². The highest BCUT2D eigenvalue weighted by atomic mass is 32.1. The second-order valence-corrected chi connectivity index (χ2v) is 4.54. The third-order valence-corrected chi connectivity index (χ3v) is 3.35. The van der Waals surface area contributed by atoms with E-state index in [0.29, 0.717) is 0 Å². The number of hydrazine groups is 1. The summed E-state index contributed by atoms with van der Waals surface area (Å²) in [6.07, 6.45) is 4.26. The summed E-state index contributed by atoms with van der Waals surface area (Å²) in [6, 6.07) is 5.91. The van der Waals surface area contributed by atoms with Gasteiger partial charge in [-0.05, 0) is 17.5 Å². The lowest BCUT2D eigenvalue weighted by atomic mass is 10.0. The number of pyridine rings is 1. The molecule has 0 aromatic carbocycles. The largest absolute Gasteiger partial charge is 0.398 e. The molecular formula is C11H14N4S. The molecule has 0 aliphatic heterocycles. The summed E-state index contributed by atoms with van der Waals surface area (Å²) >= 11 is 1.71. The van der Waals surface area contributed by atoms with E-state index in [0.717, 1.165) is 17.7 Å². The Morgan fingerprint density at radius 2 is 2.31 bits per heavy atom. The molecule has 1 unspecified atom stereocenters. The van der Waals surface area contributed by atoms with Crippen molar-refractivity contribution >= 4 is 17.0 Å². The number of aromatic nitrogens is 1. The molecule has 5 heteroatoms. The van der Waals surface area contributed by atoms with Gasteiger partial charge < -0.3 is 5.73 Å². The van der Waals surface area contributed by atoms with Gasteiger partial charge in [-0.1, -0.05) is 6.07 Å². The van der Waals surface area contributed by atoms with Crippen LogP contribution in [0.2, 0.25) is 0 Å². The van der Waals surface area contributed by atoms with Crippen molar-refractivity contribution in [3.05, 3.63) is 46.4 Å². The lowest BCUT2D eigenvalue weighted by Gasteiger charge is -2.16. The minimum absolute atomic E-state index is 0.00681. The van der Waals surface area contributed by atoms with E-state index in [1.165, 1.54) is 4.88 Å². The molecule has 2 aromatic heterocycles. The van der Waals surface area contributed by atoms with Crippen LogP contribution in [0.5, 0.6) is 0 Å². The monoisotopic (exact) mass is 234 g/mol. The van der Waals surface area contributed by atoms with E-state index in [4.69, 9.17) is 11.6 Å². The van der Waals surface area contributed by atoms with E-state index in [1.807, 2.05) is 6.07 Å². The van der Waals surface area contributed by atoms with E-state index in [-0.39, 0.29) is 6.04 Å². The van der Waals surface area contributed by atoms with Crippen molar-refractivity contribution in [3.8, 4) is 0 Å². The lowest BCUT2D eigenvalue weighted by Crippen LogP contribution is -2.30. The van der Waals surface area contributed by atoms with Gasteiger partial charge in [0.2, 0.25) is 0 Å². The summed E-state index contributed by atoms with van der Waals surface area (Å²) in [7, 11) is 0. The number of rotatable bonds is 4. The fourth-order valence-corrected chi connectivity index (χ4v) is 2.35. The zero-order chi connectivity index (χ0) is 11.4. The number of hydrogen-bond donors (Lipinski definition) is 3. The molecule has 0 spiro atoms. The Labute approximate surface area is 98.3 Å². The molecule has 0 aliphatic carbocycles. The molecule has 1 atom stereocenters. The third kappa shape index (κ3) is 2.38. The van der Waals surface area contributed by atoms with Gasteiger partial charge in [-0.3, -0.25) is 16.3 Å². The smallest absolute Gasteiger partial charge is 0.0543 e. The predicted octanol–water partition coefficient (Wildman–Crippen LogP) is 1.47. The molecule has 16 heavy (non-hydrogen) atoms. The molecular weight excluding hydrogens is 220 g/mol. The molecule has 0 aliphatic rings. The van der Waals surface area contributed by atoms with Gasteiger partial charge >= 0.3 is 0 Å². The van der Waals surface area contributed by atoms with Crippen LogP contribution in [-0.4, -0.2) is 4.98 Å². The Bertz CT molecular complexity index is 441. The third-order valence-electron chi connectivity index (χ3n) is 2.45. The number of nitrogen functional groups attached to an aromatic ring is 1. The van der Waals surface area contributed by atoms with Gasteiger partial charge in [0.05, 0.1) is 6.04 Å². The predicted molar refractivity (Wildman–Crippen MR) is 66.7 cm³/mol. The highest BCUT2D eigenvalue weighted by molar-refractivity contribution is 7.09. The van der Waals surface area contributed by atoms with Crippen LogP contribution in [0.4, 0.5) is 5.69 Å². The van der Waals surface area contributed by atoms with Crippen LogP contribution in [0.3, 0.4) is 0 Å². The summed E-state index contributed by atoms with van der Waals surface area (Å²) in [4.78, 5) is 5.34. The lowest BCUT2D eigenvalue weighted by molar-refractivity contribution is 0.555. The zero-order valence-corrected chi connectivity index (χ0v) is 9.58. The molecule has 84 valence electrons. The quantitative estimate of drug-likeness (QED) is 0.553. The van der Waals surface area contributed by atoms with Crippen molar-refractivity contribution in [2.75, 3.05) is 5.73 Å². The number of anilines is 1. The molecule has 0 radical (unpaired) electrons.